The van der Waals surface area contributed by atoms with Crippen molar-refractivity contribution in [2.45, 2.75) is 18.4 Å². The number of carbonyl (C=O) groups is 1. The van der Waals surface area contributed by atoms with Crippen LogP contribution in [0.3, 0.4) is 0 Å². The van der Waals surface area contributed by atoms with Gasteiger partial charge in [-0.05, 0) is 17.8 Å². The van der Waals surface area contributed by atoms with E-state index in [1.54, 1.807) is 4.42 Å². The van der Waals surface area contributed by atoms with Gasteiger partial charge in [0, 0.05) is 31.5 Å². The van der Waals surface area contributed by atoms with Gasteiger partial charge in [-0.1, -0.05) is 18.2 Å². The molecule has 2 aliphatic rings. The Hall–Kier alpha value is -1.06. The molecule has 16 heavy (non-hydrogen) atoms. The molecule has 3 nitrogen and oxygen atoms in total. The summed E-state index contributed by atoms with van der Waals surface area (Å²) in [7, 11) is 0. The van der Waals surface area contributed by atoms with Crippen molar-refractivity contribution in [2.75, 3.05) is 13.1 Å². The Kier molecular flexibility index (Phi) is 2.19. The van der Waals surface area contributed by atoms with Crippen molar-refractivity contribution in [3.8, 4) is 0 Å². The molecule has 4 heteroatoms. The first-order chi connectivity index (χ1) is 7.71. The van der Waals surface area contributed by atoms with E-state index in [0.717, 1.165) is 31.5 Å². The van der Waals surface area contributed by atoms with Crippen LogP contribution in [0.25, 0.3) is 0 Å². The Morgan fingerprint density at radius 2 is 1.94 bits per heavy atom. The van der Waals surface area contributed by atoms with Gasteiger partial charge in [0.2, 0.25) is 0 Å². The summed E-state index contributed by atoms with van der Waals surface area (Å²) in [5.74, 6) is -0.196. The van der Waals surface area contributed by atoms with Crippen molar-refractivity contribution in [3.05, 3.63) is 35.4 Å². The van der Waals surface area contributed by atoms with E-state index in [9.17, 15) is 4.79 Å². The highest BCUT2D eigenvalue weighted by molar-refractivity contribution is 6.13. The molecule has 2 heterocycles. The van der Waals surface area contributed by atoms with Crippen LogP contribution in [-0.4, -0.2) is 23.5 Å². The molecule has 0 saturated carbocycles. The Bertz CT molecular complexity index is 438. The van der Waals surface area contributed by atoms with Gasteiger partial charge in [0.05, 0.1) is 5.56 Å². The minimum atomic E-state index is -0.418. The molecular weight excluding hydrogens is 226 g/mol. The molecule has 1 saturated heterocycles. The molecule has 0 aromatic heterocycles. The van der Waals surface area contributed by atoms with Crippen LogP contribution in [-0.2, 0) is 10.3 Å². The Balaban J connectivity index is 2.02. The van der Waals surface area contributed by atoms with E-state index in [4.69, 9.17) is 16.5 Å². The summed E-state index contributed by atoms with van der Waals surface area (Å²) in [5.41, 5.74) is 1.33. The predicted molar refractivity (Wildman–Crippen MR) is 60.2 cm³/mol. The predicted octanol–water partition coefficient (Wildman–Crippen LogP) is 2.30. The maximum Gasteiger partial charge on any atom is 0.339 e. The number of benzene rings is 1. The fourth-order valence-corrected chi connectivity index (χ4v) is 2.73. The van der Waals surface area contributed by atoms with E-state index in [2.05, 4.69) is 0 Å². The molecule has 0 atom stereocenters. The summed E-state index contributed by atoms with van der Waals surface area (Å²) < 4.78 is 7.33. The Labute approximate surface area is 99.1 Å². The van der Waals surface area contributed by atoms with Gasteiger partial charge in [-0.3, -0.25) is 0 Å². The van der Waals surface area contributed by atoms with E-state index < -0.39 is 5.60 Å². The quantitative estimate of drug-likeness (QED) is 0.512. The number of halogens is 1. The number of hydrogen-bond acceptors (Lipinski definition) is 3. The monoisotopic (exact) mass is 237 g/mol. The van der Waals surface area contributed by atoms with Crippen LogP contribution in [0.15, 0.2) is 24.3 Å². The van der Waals surface area contributed by atoms with E-state index in [-0.39, 0.29) is 5.97 Å². The normalized spacial score (nSPS) is 23.2. The number of esters is 1. The fraction of sp³-hybridized carbons (Fsp3) is 0.417. The molecule has 1 fully saturated rings. The SMILES string of the molecule is O=C1OC2(CCN(Cl)CC2)c2ccccc21. The molecule has 2 aliphatic heterocycles. The number of ether oxygens (including phenoxy) is 1. The molecule has 84 valence electrons. The highest BCUT2D eigenvalue weighted by Gasteiger charge is 2.46. The average molecular weight is 238 g/mol. The number of carbonyl (C=O) groups excluding carboxylic acids is 1. The standard InChI is InChI=1S/C12H12ClNO2/c13-14-7-5-12(6-8-14)10-4-2-1-3-9(10)11(15)16-12/h1-4H,5-8H2. The number of fused-ring (bicyclic) bond motifs is 2. The van der Waals surface area contributed by atoms with E-state index in [1.807, 2.05) is 24.3 Å². The third kappa shape index (κ3) is 1.35. The second-order valence-corrected chi connectivity index (χ2v) is 4.82. The van der Waals surface area contributed by atoms with Gasteiger partial charge in [0.15, 0.2) is 0 Å². The van der Waals surface area contributed by atoms with Crippen molar-refractivity contribution in [1.82, 2.24) is 4.42 Å². The van der Waals surface area contributed by atoms with Gasteiger partial charge in [-0.2, -0.15) is 0 Å². The van der Waals surface area contributed by atoms with Gasteiger partial charge in [0.25, 0.3) is 0 Å². The lowest BCUT2D eigenvalue weighted by molar-refractivity contribution is -0.0328. The molecule has 0 unspecified atom stereocenters. The van der Waals surface area contributed by atoms with Crippen molar-refractivity contribution in [2.24, 2.45) is 0 Å². The van der Waals surface area contributed by atoms with Crippen LogP contribution in [0.2, 0.25) is 0 Å². The van der Waals surface area contributed by atoms with Crippen LogP contribution >= 0.6 is 11.8 Å². The van der Waals surface area contributed by atoms with Gasteiger partial charge < -0.3 is 4.74 Å². The smallest absolute Gasteiger partial charge is 0.339 e. The lowest BCUT2D eigenvalue weighted by Gasteiger charge is -2.35. The molecule has 1 aromatic rings. The average Bonchev–Trinajstić information content (AvgIpc) is 2.58. The second-order valence-electron chi connectivity index (χ2n) is 4.34. The Morgan fingerprint density at radius 1 is 1.25 bits per heavy atom. The Morgan fingerprint density at radius 3 is 2.69 bits per heavy atom. The molecule has 3 rings (SSSR count). The largest absolute Gasteiger partial charge is 0.450 e. The third-order valence-corrected chi connectivity index (χ3v) is 3.78. The van der Waals surface area contributed by atoms with Gasteiger partial charge >= 0.3 is 5.97 Å². The first-order valence-corrected chi connectivity index (χ1v) is 5.79. The lowest BCUT2D eigenvalue weighted by Crippen LogP contribution is -2.39. The zero-order chi connectivity index (χ0) is 11.2. The molecule has 1 spiro atoms. The van der Waals surface area contributed by atoms with Crippen LogP contribution in [0.4, 0.5) is 0 Å². The number of piperidine rings is 1. The molecule has 0 amide bonds. The van der Waals surface area contributed by atoms with Crippen molar-refractivity contribution in [1.29, 1.82) is 0 Å². The van der Waals surface area contributed by atoms with E-state index in [0.29, 0.717) is 5.56 Å². The minimum absolute atomic E-state index is 0.196. The maximum absolute atomic E-state index is 11.8. The molecule has 0 radical (unpaired) electrons. The molecule has 1 aromatic carbocycles. The summed E-state index contributed by atoms with van der Waals surface area (Å²) in [6.45, 7) is 1.51. The van der Waals surface area contributed by atoms with Crippen LogP contribution < -0.4 is 0 Å². The highest BCUT2D eigenvalue weighted by Crippen LogP contribution is 2.44. The van der Waals surface area contributed by atoms with Crippen molar-refractivity contribution in [3.63, 3.8) is 0 Å². The van der Waals surface area contributed by atoms with Gasteiger partial charge in [-0.15, -0.1) is 0 Å². The van der Waals surface area contributed by atoms with Crippen LogP contribution in [0, 0.1) is 0 Å². The zero-order valence-electron chi connectivity index (χ0n) is 8.78. The topological polar surface area (TPSA) is 29.5 Å². The number of rotatable bonds is 0. The number of hydrogen-bond donors (Lipinski definition) is 0. The van der Waals surface area contributed by atoms with Gasteiger partial charge in [0.1, 0.15) is 5.60 Å². The van der Waals surface area contributed by atoms with Crippen LogP contribution in [0.1, 0.15) is 28.8 Å². The lowest BCUT2D eigenvalue weighted by atomic mass is 9.84. The first kappa shape index (κ1) is 10.1. The minimum Gasteiger partial charge on any atom is -0.450 e. The summed E-state index contributed by atoms with van der Waals surface area (Å²) >= 11 is 5.93. The second kappa shape index (κ2) is 3.47. The van der Waals surface area contributed by atoms with Crippen molar-refractivity contribution >= 4 is 17.7 Å². The molecule has 0 aliphatic carbocycles. The zero-order valence-corrected chi connectivity index (χ0v) is 9.54. The van der Waals surface area contributed by atoms with Crippen molar-refractivity contribution < 1.29 is 9.53 Å². The maximum atomic E-state index is 11.8. The van der Waals surface area contributed by atoms with Gasteiger partial charge in [-0.25, -0.2) is 9.21 Å². The fourth-order valence-electron chi connectivity index (χ4n) is 2.56. The molecule has 0 bridgehead atoms. The summed E-state index contributed by atoms with van der Waals surface area (Å²) in [6.07, 6.45) is 1.55. The molecular formula is C12H12ClNO2. The molecule has 0 N–H and O–H groups in total. The summed E-state index contributed by atoms with van der Waals surface area (Å²) in [6, 6.07) is 7.65. The summed E-state index contributed by atoms with van der Waals surface area (Å²) in [4.78, 5) is 11.8. The first-order valence-electron chi connectivity index (χ1n) is 5.45. The van der Waals surface area contributed by atoms with E-state index >= 15 is 0 Å². The highest BCUT2D eigenvalue weighted by atomic mass is 35.5. The summed E-state index contributed by atoms with van der Waals surface area (Å²) in [5, 5.41) is 0. The van der Waals surface area contributed by atoms with Crippen LogP contribution in [0.5, 0.6) is 0 Å². The van der Waals surface area contributed by atoms with E-state index in [1.165, 1.54) is 0 Å². The third-order valence-electron chi connectivity index (χ3n) is 3.44. The number of nitrogens with zero attached hydrogens (tertiary/aromatic N) is 1.